The van der Waals surface area contributed by atoms with Crippen molar-refractivity contribution in [1.82, 2.24) is 4.90 Å². The molecule has 0 bridgehead atoms. The van der Waals surface area contributed by atoms with Gasteiger partial charge in [0.15, 0.2) is 11.5 Å². The Bertz CT molecular complexity index is 454. The second kappa shape index (κ2) is 5.10. The summed E-state index contributed by atoms with van der Waals surface area (Å²) in [4.78, 5) is 14.0. The first-order valence-corrected chi connectivity index (χ1v) is 6.89. The number of rotatable bonds is 1. The summed E-state index contributed by atoms with van der Waals surface area (Å²) in [7, 11) is 0. The van der Waals surface area contributed by atoms with Crippen LogP contribution in [0.15, 0.2) is 18.2 Å². The number of thioether (sulfide) groups is 1. The van der Waals surface area contributed by atoms with E-state index in [4.69, 9.17) is 0 Å². The van der Waals surface area contributed by atoms with Gasteiger partial charge in [-0.2, -0.15) is 11.8 Å². The van der Waals surface area contributed by atoms with Crippen molar-refractivity contribution >= 4 is 17.7 Å². The van der Waals surface area contributed by atoms with Crippen LogP contribution in [-0.2, 0) is 0 Å². The molecule has 1 heterocycles. The van der Waals surface area contributed by atoms with Gasteiger partial charge in [-0.3, -0.25) is 4.79 Å². The fraction of sp³-hybridized carbons (Fsp3) is 0.462. The highest BCUT2D eigenvalue weighted by molar-refractivity contribution is 8.00. The number of carbonyl (C=O) groups is 1. The van der Waals surface area contributed by atoms with Crippen LogP contribution < -0.4 is 0 Å². The Hall–Kier alpha value is -1.36. The van der Waals surface area contributed by atoms with Crippen LogP contribution in [0.2, 0.25) is 0 Å². The molecule has 0 spiro atoms. The summed E-state index contributed by atoms with van der Waals surface area (Å²) in [5.41, 5.74) is 0.168. The largest absolute Gasteiger partial charge is 0.504 e. The van der Waals surface area contributed by atoms with E-state index >= 15 is 0 Å². The third kappa shape index (κ3) is 2.56. The second-order valence-electron chi connectivity index (χ2n) is 4.64. The molecule has 1 amide bonds. The number of carbonyl (C=O) groups excluding carboxylic acids is 1. The summed E-state index contributed by atoms with van der Waals surface area (Å²) in [6.07, 6.45) is 0. The number of amides is 1. The molecule has 98 valence electrons. The van der Waals surface area contributed by atoms with E-state index in [1.54, 1.807) is 11.0 Å². The maximum absolute atomic E-state index is 12.3. The van der Waals surface area contributed by atoms with Crippen LogP contribution in [0.4, 0.5) is 0 Å². The Balaban J connectivity index is 2.23. The van der Waals surface area contributed by atoms with Crippen molar-refractivity contribution in [2.45, 2.75) is 24.3 Å². The van der Waals surface area contributed by atoms with Crippen LogP contribution in [0.1, 0.15) is 24.2 Å². The summed E-state index contributed by atoms with van der Waals surface area (Å²) in [6, 6.07) is 4.46. The number of hydrogen-bond donors (Lipinski definition) is 2. The van der Waals surface area contributed by atoms with Gasteiger partial charge in [-0.15, -0.1) is 0 Å². The molecule has 1 aliphatic rings. The number of phenols is 2. The number of benzene rings is 1. The van der Waals surface area contributed by atoms with Gasteiger partial charge in [-0.05, 0) is 12.1 Å². The van der Waals surface area contributed by atoms with Gasteiger partial charge in [0, 0.05) is 23.6 Å². The van der Waals surface area contributed by atoms with E-state index < -0.39 is 0 Å². The van der Waals surface area contributed by atoms with Crippen molar-refractivity contribution in [1.29, 1.82) is 0 Å². The smallest absolute Gasteiger partial charge is 0.257 e. The van der Waals surface area contributed by atoms with Crippen molar-refractivity contribution in [2.75, 3.05) is 13.1 Å². The quantitative estimate of drug-likeness (QED) is 0.765. The molecule has 1 fully saturated rings. The molecule has 5 heteroatoms. The second-order valence-corrected chi connectivity index (χ2v) is 6.52. The fourth-order valence-corrected chi connectivity index (χ4v) is 3.54. The topological polar surface area (TPSA) is 60.8 Å². The van der Waals surface area contributed by atoms with E-state index in [9.17, 15) is 15.0 Å². The normalized spacial score (nSPS) is 24.0. The van der Waals surface area contributed by atoms with Gasteiger partial charge in [0.1, 0.15) is 0 Å². The maximum atomic E-state index is 12.3. The predicted molar refractivity (Wildman–Crippen MR) is 72.2 cm³/mol. The lowest BCUT2D eigenvalue weighted by Gasteiger charge is -2.34. The lowest BCUT2D eigenvalue weighted by molar-refractivity contribution is 0.0749. The highest BCUT2D eigenvalue weighted by atomic mass is 32.2. The first-order chi connectivity index (χ1) is 8.49. The lowest BCUT2D eigenvalue weighted by Crippen LogP contribution is -2.44. The third-order valence-corrected chi connectivity index (χ3v) is 4.18. The summed E-state index contributed by atoms with van der Waals surface area (Å²) >= 11 is 1.86. The molecule has 2 unspecified atom stereocenters. The molecule has 1 aliphatic heterocycles. The van der Waals surface area contributed by atoms with Crippen molar-refractivity contribution in [2.24, 2.45) is 0 Å². The molecule has 0 aromatic heterocycles. The molecule has 1 aromatic rings. The van der Waals surface area contributed by atoms with Gasteiger partial charge < -0.3 is 15.1 Å². The van der Waals surface area contributed by atoms with Gasteiger partial charge in [0.05, 0.1) is 5.56 Å². The zero-order valence-electron chi connectivity index (χ0n) is 10.5. The summed E-state index contributed by atoms with van der Waals surface area (Å²) in [6.45, 7) is 5.51. The van der Waals surface area contributed by atoms with Gasteiger partial charge in [-0.1, -0.05) is 19.9 Å². The van der Waals surface area contributed by atoms with Gasteiger partial charge in [0.2, 0.25) is 0 Å². The fourth-order valence-electron chi connectivity index (χ4n) is 2.22. The Labute approximate surface area is 111 Å². The Morgan fingerprint density at radius 1 is 1.28 bits per heavy atom. The van der Waals surface area contributed by atoms with Crippen LogP contribution in [0.25, 0.3) is 0 Å². The SMILES string of the molecule is CC1CN(C(=O)c2cccc(O)c2O)CC(C)S1. The maximum Gasteiger partial charge on any atom is 0.257 e. The molecule has 1 aromatic carbocycles. The van der Waals surface area contributed by atoms with E-state index in [1.165, 1.54) is 12.1 Å². The van der Waals surface area contributed by atoms with Crippen molar-refractivity contribution < 1.29 is 15.0 Å². The van der Waals surface area contributed by atoms with Gasteiger partial charge in [-0.25, -0.2) is 0 Å². The van der Waals surface area contributed by atoms with E-state index in [0.717, 1.165) is 0 Å². The van der Waals surface area contributed by atoms with E-state index in [2.05, 4.69) is 13.8 Å². The number of hydrogen-bond acceptors (Lipinski definition) is 4. The standard InChI is InChI=1S/C13H17NO3S/c1-8-6-14(7-9(2)18-8)13(17)10-4-3-5-11(15)12(10)16/h3-5,8-9,15-16H,6-7H2,1-2H3. The Kier molecular flexibility index (Phi) is 3.71. The number of para-hydroxylation sites is 1. The van der Waals surface area contributed by atoms with Gasteiger partial charge in [0.25, 0.3) is 5.91 Å². The summed E-state index contributed by atoms with van der Waals surface area (Å²) < 4.78 is 0. The number of phenolic OH excluding ortho intramolecular Hbond substituents is 2. The van der Waals surface area contributed by atoms with Crippen LogP contribution >= 0.6 is 11.8 Å². The highest BCUT2D eigenvalue weighted by Gasteiger charge is 2.28. The molecule has 2 atom stereocenters. The molecule has 0 saturated carbocycles. The van der Waals surface area contributed by atoms with Crippen LogP contribution in [0, 0.1) is 0 Å². The first-order valence-electron chi connectivity index (χ1n) is 5.94. The Morgan fingerprint density at radius 2 is 1.89 bits per heavy atom. The molecule has 0 radical (unpaired) electrons. The molecular weight excluding hydrogens is 250 g/mol. The molecule has 18 heavy (non-hydrogen) atoms. The third-order valence-electron chi connectivity index (χ3n) is 2.95. The molecule has 1 saturated heterocycles. The minimum atomic E-state index is -0.332. The molecular formula is C13H17NO3S. The zero-order chi connectivity index (χ0) is 13.3. The average molecular weight is 267 g/mol. The summed E-state index contributed by atoms with van der Waals surface area (Å²) in [5.74, 6) is -0.809. The lowest BCUT2D eigenvalue weighted by atomic mass is 10.1. The summed E-state index contributed by atoms with van der Waals surface area (Å²) in [5, 5.41) is 19.9. The molecule has 2 rings (SSSR count). The number of nitrogens with zero attached hydrogens (tertiary/aromatic N) is 1. The van der Waals surface area contributed by atoms with Crippen LogP contribution in [0.3, 0.4) is 0 Å². The van der Waals surface area contributed by atoms with Crippen molar-refractivity contribution in [3.05, 3.63) is 23.8 Å². The van der Waals surface area contributed by atoms with E-state index in [0.29, 0.717) is 23.6 Å². The van der Waals surface area contributed by atoms with Crippen LogP contribution in [0.5, 0.6) is 11.5 Å². The van der Waals surface area contributed by atoms with Crippen molar-refractivity contribution in [3.63, 3.8) is 0 Å². The average Bonchev–Trinajstić information content (AvgIpc) is 2.30. The Morgan fingerprint density at radius 3 is 2.50 bits per heavy atom. The minimum absolute atomic E-state index is 0.168. The predicted octanol–water partition coefficient (Wildman–Crippen LogP) is 2.06. The molecule has 0 aliphatic carbocycles. The monoisotopic (exact) mass is 267 g/mol. The number of aromatic hydroxyl groups is 2. The minimum Gasteiger partial charge on any atom is -0.504 e. The van der Waals surface area contributed by atoms with Crippen LogP contribution in [-0.4, -0.2) is 44.6 Å². The first kappa shape index (κ1) is 13.1. The molecule has 2 N–H and O–H groups in total. The zero-order valence-corrected chi connectivity index (χ0v) is 11.3. The molecule has 4 nitrogen and oxygen atoms in total. The van der Waals surface area contributed by atoms with E-state index in [1.807, 2.05) is 11.8 Å². The van der Waals surface area contributed by atoms with Gasteiger partial charge >= 0.3 is 0 Å². The highest BCUT2D eigenvalue weighted by Crippen LogP contribution is 2.31. The van der Waals surface area contributed by atoms with E-state index in [-0.39, 0.29) is 23.0 Å². The van der Waals surface area contributed by atoms with Crippen molar-refractivity contribution in [3.8, 4) is 11.5 Å².